The van der Waals surface area contributed by atoms with Gasteiger partial charge in [0.15, 0.2) is 0 Å². The molecule has 0 bridgehead atoms. The minimum Gasteiger partial charge on any atom is -0.456 e. The molecule has 0 amide bonds. The van der Waals surface area contributed by atoms with Crippen LogP contribution < -0.4 is 0 Å². The van der Waals surface area contributed by atoms with Gasteiger partial charge < -0.3 is 4.42 Å². The van der Waals surface area contributed by atoms with Gasteiger partial charge in [0.1, 0.15) is 11.2 Å². The van der Waals surface area contributed by atoms with Gasteiger partial charge in [-0.15, -0.1) is 0 Å². The van der Waals surface area contributed by atoms with E-state index in [0.29, 0.717) is 0 Å². The highest BCUT2D eigenvalue weighted by molar-refractivity contribution is 6.22. The van der Waals surface area contributed by atoms with E-state index < -0.39 is 0 Å². The summed E-state index contributed by atoms with van der Waals surface area (Å²) in [6.45, 7) is 17.2. The Morgan fingerprint density at radius 2 is 1.32 bits per heavy atom. The maximum Gasteiger partial charge on any atom is 0.136 e. The van der Waals surface area contributed by atoms with E-state index in [1.807, 2.05) is 24.3 Å². The fourth-order valence-corrected chi connectivity index (χ4v) is 8.52. The molecule has 1 heterocycles. The first kappa shape index (κ1) is 29.9. The molecule has 0 N–H and O–H groups in total. The van der Waals surface area contributed by atoms with Gasteiger partial charge in [-0.3, -0.25) is 0 Å². The molecule has 0 spiro atoms. The fourth-order valence-electron chi connectivity index (χ4n) is 8.52. The summed E-state index contributed by atoms with van der Waals surface area (Å²) >= 11 is 0. The predicted octanol–water partition coefficient (Wildman–Crippen LogP) is 13.9. The summed E-state index contributed by atoms with van der Waals surface area (Å²) in [4.78, 5) is 0. The van der Waals surface area contributed by atoms with E-state index in [1.54, 1.807) is 6.08 Å². The van der Waals surface area contributed by atoms with Gasteiger partial charge in [0, 0.05) is 16.2 Å². The van der Waals surface area contributed by atoms with Gasteiger partial charge in [-0.25, -0.2) is 0 Å². The van der Waals surface area contributed by atoms with E-state index in [1.165, 1.54) is 76.5 Å². The van der Waals surface area contributed by atoms with E-state index in [4.69, 9.17) is 4.42 Å². The lowest BCUT2D eigenvalue weighted by atomic mass is 9.79. The van der Waals surface area contributed by atoms with Crippen molar-refractivity contribution in [2.24, 2.45) is 0 Å². The van der Waals surface area contributed by atoms with Gasteiger partial charge in [-0.1, -0.05) is 155 Å². The second-order valence-corrected chi connectivity index (χ2v) is 13.8. The smallest absolute Gasteiger partial charge is 0.136 e. The van der Waals surface area contributed by atoms with Gasteiger partial charge in [-0.2, -0.15) is 0 Å². The number of para-hydroxylation sites is 1. The lowest BCUT2D eigenvalue weighted by molar-refractivity contribution is 0.665. The van der Waals surface area contributed by atoms with Crippen LogP contribution in [0.5, 0.6) is 0 Å². The average molecular weight is 641 g/mol. The fraction of sp³-hybridized carbons (Fsp3) is 0.0612. The minimum atomic E-state index is -0.198. The number of allylic oxidation sites excluding steroid dienone is 7. The first-order valence-electron chi connectivity index (χ1n) is 17.2. The zero-order valence-corrected chi connectivity index (χ0v) is 28.4. The minimum absolute atomic E-state index is 0.198. The van der Waals surface area contributed by atoms with Crippen LogP contribution in [0.25, 0.3) is 82.1 Å². The Morgan fingerprint density at radius 3 is 2.02 bits per heavy atom. The maximum absolute atomic E-state index is 6.37. The van der Waals surface area contributed by atoms with Gasteiger partial charge in [0.2, 0.25) is 0 Å². The quantitative estimate of drug-likeness (QED) is 0.130. The Hall–Kier alpha value is -6.18. The van der Waals surface area contributed by atoms with Crippen molar-refractivity contribution in [3.63, 3.8) is 0 Å². The molecular weight excluding hydrogens is 605 g/mol. The number of rotatable bonds is 6. The number of hydrogen-bond donors (Lipinski definition) is 0. The topological polar surface area (TPSA) is 13.1 Å². The van der Waals surface area contributed by atoms with E-state index in [-0.39, 0.29) is 5.41 Å². The number of furan rings is 1. The van der Waals surface area contributed by atoms with E-state index in [2.05, 4.69) is 149 Å². The van der Waals surface area contributed by atoms with Crippen molar-refractivity contribution >= 4 is 59.8 Å². The van der Waals surface area contributed by atoms with Gasteiger partial charge in [-0.05, 0) is 107 Å². The molecule has 1 aromatic heterocycles. The molecule has 1 aliphatic rings. The maximum atomic E-state index is 6.37. The van der Waals surface area contributed by atoms with E-state index in [9.17, 15) is 0 Å². The number of benzene rings is 7. The van der Waals surface area contributed by atoms with Crippen molar-refractivity contribution in [2.45, 2.75) is 19.3 Å². The number of hydrogen-bond acceptors (Lipinski definition) is 1. The molecule has 9 rings (SSSR count). The van der Waals surface area contributed by atoms with Crippen molar-refractivity contribution in [3.05, 3.63) is 188 Å². The average Bonchev–Trinajstić information content (AvgIpc) is 3.64. The van der Waals surface area contributed by atoms with E-state index in [0.717, 1.165) is 27.9 Å². The van der Waals surface area contributed by atoms with E-state index >= 15 is 0 Å². The van der Waals surface area contributed by atoms with Crippen molar-refractivity contribution in [1.82, 2.24) is 0 Å². The second-order valence-electron chi connectivity index (χ2n) is 13.8. The Labute approximate surface area is 292 Å². The summed E-state index contributed by atoms with van der Waals surface area (Å²) in [5.41, 5.74) is 12.5. The second kappa shape index (κ2) is 11.2. The van der Waals surface area contributed by atoms with Crippen molar-refractivity contribution < 1.29 is 4.42 Å². The van der Waals surface area contributed by atoms with Crippen LogP contribution in [0.3, 0.4) is 0 Å². The lowest BCUT2D eigenvalue weighted by Crippen LogP contribution is -2.15. The van der Waals surface area contributed by atoms with Crippen molar-refractivity contribution in [1.29, 1.82) is 0 Å². The highest BCUT2D eigenvalue weighted by atomic mass is 16.3. The molecule has 1 heteroatoms. The molecule has 0 unspecified atom stereocenters. The molecule has 1 aliphatic carbocycles. The summed E-state index contributed by atoms with van der Waals surface area (Å²) < 4.78 is 6.37. The lowest BCUT2D eigenvalue weighted by Gasteiger charge is -2.24. The largest absolute Gasteiger partial charge is 0.456 e. The molecule has 0 aliphatic heterocycles. The third kappa shape index (κ3) is 4.27. The molecule has 0 atom stereocenters. The molecule has 7 aromatic carbocycles. The summed E-state index contributed by atoms with van der Waals surface area (Å²) in [5, 5.41) is 9.68. The Bertz CT molecular complexity index is 2770. The van der Waals surface area contributed by atoms with Crippen LogP contribution in [-0.4, -0.2) is 0 Å². The van der Waals surface area contributed by atoms with Crippen LogP contribution >= 0.6 is 0 Å². The Morgan fingerprint density at radius 1 is 0.660 bits per heavy atom. The van der Waals surface area contributed by atoms with Crippen LogP contribution in [0.15, 0.2) is 175 Å². The van der Waals surface area contributed by atoms with Gasteiger partial charge >= 0.3 is 0 Å². The van der Waals surface area contributed by atoms with Crippen molar-refractivity contribution in [3.8, 4) is 22.3 Å². The Balaban J connectivity index is 1.31. The van der Waals surface area contributed by atoms with Crippen LogP contribution in [-0.2, 0) is 5.41 Å². The SMILES string of the molecule is C=C/C=C\C(C=C)=C\C(=C)c1c2ccccc2c(-c2ccc3c(c2)-c2ccc4ccc5oc6ccccc6c5c4c2C3(C)C)c2ccccc12. The Kier molecular flexibility index (Phi) is 6.69. The highest BCUT2D eigenvalue weighted by Gasteiger charge is 2.38. The normalized spacial score (nSPS) is 13.8. The molecule has 0 saturated carbocycles. The molecule has 50 heavy (non-hydrogen) atoms. The van der Waals surface area contributed by atoms with Crippen molar-refractivity contribution in [2.75, 3.05) is 0 Å². The monoisotopic (exact) mass is 640 g/mol. The van der Waals surface area contributed by atoms with Gasteiger partial charge in [0.25, 0.3) is 0 Å². The molecule has 0 radical (unpaired) electrons. The van der Waals surface area contributed by atoms with Crippen LogP contribution in [0, 0.1) is 0 Å². The zero-order valence-electron chi connectivity index (χ0n) is 28.4. The zero-order chi connectivity index (χ0) is 34.1. The summed E-state index contributed by atoms with van der Waals surface area (Å²) in [6, 6.07) is 42.0. The van der Waals surface area contributed by atoms with Crippen LogP contribution in [0.4, 0.5) is 0 Å². The number of fused-ring (bicyclic) bond motifs is 11. The van der Waals surface area contributed by atoms with Crippen LogP contribution in [0.2, 0.25) is 0 Å². The first-order chi connectivity index (χ1) is 24.4. The summed E-state index contributed by atoms with van der Waals surface area (Å²) in [6.07, 6.45) is 9.68. The standard InChI is InChI=1S/C49H36O/c1-6-8-15-31(7-2)28-30(3)44-34-16-9-11-18-36(34)45(37-19-12-10-17-35(37)44)33-23-26-41-40(29-33)38-25-22-32-24-27-43-47(46(32)48(38)49(41,4)5)39-20-13-14-21-42(39)50-43/h6-29H,1-3H2,4-5H3/b15-8-,31-28+. The third-order valence-corrected chi connectivity index (χ3v) is 10.7. The predicted molar refractivity (Wildman–Crippen MR) is 216 cm³/mol. The molecule has 8 aromatic rings. The molecule has 238 valence electrons. The summed E-state index contributed by atoms with van der Waals surface area (Å²) in [5.74, 6) is 0. The summed E-state index contributed by atoms with van der Waals surface area (Å²) in [7, 11) is 0. The molecule has 1 nitrogen and oxygen atoms in total. The van der Waals surface area contributed by atoms with Crippen LogP contribution in [0.1, 0.15) is 30.5 Å². The molecule has 0 saturated heterocycles. The highest BCUT2D eigenvalue weighted by Crippen LogP contribution is 2.54. The third-order valence-electron chi connectivity index (χ3n) is 10.7. The molecule has 0 fully saturated rings. The van der Waals surface area contributed by atoms with Gasteiger partial charge in [0.05, 0.1) is 0 Å². The molecular formula is C49H36O. The first-order valence-corrected chi connectivity index (χ1v) is 17.2.